The minimum atomic E-state index is -1.55. The lowest BCUT2D eigenvalue weighted by molar-refractivity contribution is -0.142. The van der Waals surface area contributed by atoms with Gasteiger partial charge in [0.1, 0.15) is 64.9 Å². The van der Waals surface area contributed by atoms with Crippen molar-refractivity contribution in [2.24, 2.45) is 15.9 Å². The maximum absolute atomic E-state index is 14.6. The van der Waals surface area contributed by atoms with Gasteiger partial charge in [-0.05, 0) is 49.7 Å². The summed E-state index contributed by atoms with van der Waals surface area (Å²) in [5.41, 5.74) is 1.67. The average molecular weight is 1150 g/mol. The molecule has 0 bridgehead atoms. The van der Waals surface area contributed by atoms with E-state index in [0.717, 1.165) is 5.56 Å². The minimum absolute atomic E-state index is 0.00327. The largest absolute Gasteiger partial charge is 0.506 e. The fourth-order valence-corrected chi connectivity index (χ4v) is 9.31. The van der Waals surface area contributed by atoms with Crippen LogP contribution in [0, 0.1) is 12.8 Å². The van der Waals surface area contributed by atoms with Crippen LogP contribution in [0.1, 0.15) is 50.7 Å². The molecule has 23 nitrogen and oxygen atoms in total. The van der Waals surface area contributed by atoms with Crippen LogP contribution in [0.5, 0.6) is 0 Å². The van der Waals surface area contributed by atoms with Gasteiger partial charge in [-0.2, -0.15) is 37.0 Å². The number of aliphatic hydroxyl groups is 4. The van der Waals surface area contributed by atoms with E-state index in [1.165, 1.54) is 28.8 Å². The maximum atomic E-state index is 14.6. The fraction of sp³-hybridized carbons (Fsp3) is 0.500. The van der Waals surface area contributed by atoms with Gasteiger partial charge in [-0.15, -0.1) is 25.3 Å². The van der Waals surface area contributed by atoms with E-state index in [1.54, 1.807) is 18.4 Å². The van der Waals surface area contributed by atoms with E-state index in [-0.39, 0.29) is 87.6 Å². The molecule has 3 heterocycles. The number of thiol groups is 4. The Labute approximate surface area is 465 Å². The van der Waals surface area contributed by atoms with Gasteiger partial charge in [0.25, 0.3) is 0 Å². The van der Waals surface area contributed by atoms with Gasteiger partial charge in [0.05, 0.1) is 41.6 Å². The smallest absolute Gasteiger partial charge is 0.326 e. The number of hydrogen-bond donors (Lipinski definition) is 16. The first-order chi connectivity index (χ1) is 36.0. The number of carboxylic acids is 1. The van der Waals surface area contributed by atoms with Gasteiger partial charge in [-0.3, -0.25) is 33.6 Å². The first kappa shape index (κ1) is 62.9. The minimum Gasteiger partial charge on any atom is -0.506 e. The Bertz CT molecular complexity index is 2540. The molecule has 416 valence electrons. The number of allylic oxidation sites excluding steroid dienone is 1. The highest BCUT2D eigenvalue weighted by molar-refractivity contribution is 7.98. The summed E-state index contributed by atoms with van der Waals surface area (Å²) in [6.45, 7) is 3.61. The van der Waals surface area contributed by atoms with Crippen LogP contribution in [0.4, 0.5) is 0 Å². The second-order valence-corrected chi connectivity index (χ2v) is 20.8. The zero-order valence-corrected chi connectivity index (χ0v) is 46.5. The number of likely N-dealkylation sites (tertiary alicyclic amines) is 1. The molecule has 1 saturated heterocycles. The molecule has 6 amide bonds. The van der Waals surface area contributed by atoms with Gasteiger partial charge in [0.15, 0.2) is 5.78 Å². The number of thioether (sulfide) groups is 1. The highest BCUT2D eigenvalue weighted by atomic mass is 32.2. The zero-order valence-electron chi connectivity index (χ0n) is 42.1. The molecule has 4 rings (SSSR count). The van der Waals surface area contributed by atoms with E-state index in [2.05, 4.69) is 97.7 Å². The summed E-state index contributed by atoms with van der Waals surface area (Å²) in [6, 6.07) is -1.57. The van der Waals surface area contributed by atoms with Crippen LogP contribution in [-0.2, 0) is 44.8 Å². The third-order valence-electron chi connectivity index (χ3n) is 11.8. The third-order valence-corrected chi connectivity index (χ3v) is 13.9. The molecule has 76 heavy (non-hydrogen) atoms. The van der Waals surface area contributed by atoms with Crippen molar-refractivity contribution in [2.75, 3.05) is 49.8 Å². The molecule has 1 fully saturated rings. The van der Waals surface area contributed by atoms with Crippen LogP contribution >= 0.6 is 62.3 Å². The lowest BCUT2D eigenvalue weighted by Crippen LogP contribution is -2.59. The number of aliphatic imine (C=N–C) groups is 2. The normalized spacial score (nSPS) is 18.8. The molecule has 1 aromatic carbocycles. The molecule has 7 unspecified atom stereocenters. The Kier molecular flexibility index (Phi) is 25.1. The lowest BCUT2D eigenvalue weighted by atomic mass is 10.0. The number of carbonyl (C=O) groups excluding carboxylic acids is 7. The van der Waals surface area contributed by atoms with Crippen molar-refractivity contribution in [3.8, 4) is 0 Å². The molecular weight excluding hydrogens is 1080 g/mol. The molecule has 1 aromatic rings. The Balaban J connectivity index is 1.46. The van der Waals surface area contributed by atoms with Crippen molar-refractivity contribution in [2.45, 2.75) is 95.2 Å². The lowest BCUT2D eigenvalue weighted by Gasteiger charge is -2.30. The molecule has 3 aliphatic rings. The number of nitrogens with zero attached hydrogens (tertiary/aromatic N) is 3. The topological polar surface area (TPSA) is 350 Å². The van der Waals surface area contributed by atoms with Crippen LogP contribution in [0.2, 0.25) is 0 Å². The second-order valence-electron chi connectivity index (χ2n) is 18.2. The Hall–Kier alpha value is -5.65. The van der Waals surface area contributed by atoms with E-state index < -0.39 is 109 Å². The molecule has 0 radical (unpaired) electrons. The number of aliphatic hydroxyl groups excluding tert-OH is 4. The first-order valence-electron chi connectivity index (χ1n) is 24.0. The summed E-state index contributed by atoms with van der Waals surface area (Å²) >= 11 is 18.5. The van der Waals surface area contributed by atoms with Crippen LogP contribution < -0.4 is 37.2 Å². The predicted molar refractivity (Wildman–Crippen MR) is 299 cm³/mol. The van der Waals surface area contributed by atoms with Gasteiger partial charge in [0.2, 0.25) is 35.4 Å². The molecule has 0 saturated carbocycles. The number of amides is 6. The van der Waals surface area contributed by atoms with Crippen LogP contribution in [0.3, 0.4) is 0 Å². The van der Waals surface area contributed by atoms with Crippen molar-refractivity contribution >= 4 is 121 Å². The Morgan fingerprint density at radius 1 is 0.737 bits per heavy atom. The van der Waals surface area contributed by atoms with Crippen LogP contribution in [0.25, 0.3) is 0 Å². The zero-order chi connectivity index (χ0) is 56.4. The summed E-state index contributed by atoms with van der Waals surface area (Å²) in [7, 11) is 0. The number of aryl methyl sites for hydroxylation is 1. The summed E-state index contributed by atoms with van der Waals surface area (Å²) in [4.78, 5) is 115. The van der Waals surface area contributed by atoms with Gasteiger partial charge < -0.3 is 67.7 Å². The number of rotatable bonds is 29. The van der Waals surface area contributed by atoms with Crippen molar-refractivity contribution in [1.29, 1.82) is 0 Å². The van der Waals surface area contributed by atoms with Crippen molar-refractivity contribution in [3.05, 3.63) is 80.5 Å². The molecule has 28 heteroatoms. The average Bonchev–Trinajstić information content (AvgIpc) is 4.14. The van der Waals surface area contributed by atoms with Gasteiger partial charge in [0, 0.05) is 43.0 Å². The number of aliphatic carboxylic acids is 1. The van der Waals surface area contributed by atoms with E-state index in [9.17, 15) is 63.9 Å². The molecule has 7 atom stereocenters. The van der Waals surface area contributed by atoms with E-state index >= 15 is 0 Å². The van der Waals surface area contributed by atoms with E-state index in [0.29, 0.717) is 24.2 Å². The standard InChI is InChI=1S/C48H66N10O13S5/c1-23(2)14-35(61)28-17-37(63)39(52-28)45(74)49-18-38(64)50-30(19-59)41(65)55-33(22-73)44(68)54-29(15-25-9-7-24(3)8-10-25)47(69)58-12-5-6-34(58)27-16-36(62)40(51-27)46(75)57-31(20-60)42(66)56-32(21-72)43(67)53-26(48(70)71)11-13-76-4/h7-10,16-17,23,26,29-34,49,57,59-60,62-63,72-75H,5-6,11-15,18-22H2,1-4H3,(H,50,64)(H,53,67)(H,54,68)(H,55,65)(H,56,66)(H,70,71)/b45-39-,46-40-. The molecular formula is C48H66N10O13S5. The number of hydrogen-bond acceptors (Lipinski definition) is 21. The summed E-state index contributed by atoms with van der Waals surface area (Å²) in [6.07, 6.45) is 5.51. The second kappa shape index (κ2) is 30.3. The SMILES string of the molecule is CSCCC(NC(=O)C(CS)NC(=O)C(CO)N/C(S)=C1/N=C(C2CCCN2C(=O)C(Cc2ccc(C)cc2)NC(=O)C(CS)NC(=O)C(CO)NC(=O)CN/C(S)=C2/N=C(C(=O)CC(C)C)C=C2O)C=C1O)C(=O)O. The van der Waals surface area contributed by atoms with Crippen LogP contribution in [-0.4, -0.2) is 181 Å². The highest BCUT2D eigenvalue weighted by Gasteiger charge is 2.39. The van der Waals surface area contributed by atoms with Gasteiger partial charge in [-0.1, -0.05) is 43.7 Å². The molecule has 3 aliphatic heterocycles. The highest BCUT2D eigenvalue weighted by Crippen LogP contribution is 2.29. The van der Waals surface area contributed by atoms with Crippen molar-refractivity contribution in [3.63, 3.8) is 0 Å². The fourth-order valence-electron chi connectivity index (χ4n) is 7.76. The van der Waals surface area contributed by atoms with Crippen molar-refractivity contribution < 1.29 is 63.9 Å². The number of benzene rings is 1. The number of carboxylic acid groups (broad SMARTS) is 1. The third kappa shape index (κ3) is 18.0. The van der Waals surface area contributed by atoms with Gasteiger partial charge >= 0.3 is 5.97 Å². The van der Waals surface area contributed by atoms with Crippen molar-refractivity contribution in [1.82, 2.24) is 42.1 Å². The molecule has 0 aliphatic carbocycles. The predicted octanol–water partition coefficient (Wildman–Crippen LogP) is -0.212. The molecule has 0 spiro atoms. The maximum Gasteiger partial charge on any atom is 0.326 e. The summed E-state index contributed by atoms with van der Waals surface area (Å²) in [5, 5.41) is 68.8. The summed E-state index contributed by atoms with van der Waals surface area (Å²) < 4.78 is 0. The molecule has 0 aromatic heterocycles. The van der Waals surface area contributed by atoms with Gasteiger partial charge in [-0.25, -0.2) is 14.8 Å². The quantitative estimate of drug-likeness (QED) is 0.0462. The number of carbonyl (C=O) groups is 8. The Morgan fingerprint density at radius 2 is 1.28 bits per heavy atom. The Morgan fingerprint density at radius 3 is 1.83 bits per heavy atom. The van der Waals surface area contributed by atoms with E-state index in [1.807, 2.05) is 32.9 Å². The number of ketones is 1. The number of nitrogens with one attached hydrogen (secondary N) is 7. The molecule has 12 N–H and O–H groups in total. The summed E-state index contributed by atoms with van der Waals surface area (Å²) in [5.74, 6) is -7.06. The van der Waals surface area contributed by atoms with E-state index in [4.69, 9.17) is 0 Å². The van der Waals surface area contributed by atoms with Crippen LogP contribution in [0.15, 0.2) is 79.4 Å². The monoisotopic (exact) mass is 1150 g/mol. The number of Topliss-reactive ketones (excluding diaryl/α,β-unsaturated/α-hetero) is 1. The first-order valence-corrected chi connectivity index (χ1v) is 27.5.